The molecule has 0 aliphatic carbocycles. The van der Waals surface area contributed by atoms with Crippen LogP contribution in [0.4, 0.5) is 0 Å². The number of nitrogens with zero attached hydrogens (tertiary/aromatic N) is 4. The Morgan fingerprint density at radius 2 is 1.84 bits per heavy atom. The van der Waals surface area contributed by atoms with Gasteiger partial charge in [-0.15, -0.1) is 0 Å². The zero-order valence-corrected chi connectivity index (χ0v) is 15.1. The molecule has 5 heteroatoms. The molecule has 130 valence electrons. The summed E-state index contributed by atoms with van der Waals surface area (Å²) in [6, 6.07) is 18.6. The van der Waals surface area contributed by atoms with E-state index in [2.05, 4.69) is 59.1 Å². The molecule has 0 saturated carbocycles. The van der Waals surface area contributed by atoms with Crippen LogP contribution in [-0.2, 0) is 20.1 Å². The van der Waals surface area contributed by atoms with Crippen molar-refractivity contribution in [3.8, 4) is 0 Å². The minimum absolute atomic E-state index is 0.548. The van der Waals surface area contributed by atoms with Gasteiger partial charge < -0.3 is 14.8 Å². The average molecular weight is 335 g/mol. The fourth-order valence-corrected chi connectivity index (χ4v) is 2.88. The van der Waals surface area contributed by atoms with Gasteiger partial charge in [-0.3, -0.25) is 0 Å². The van der Waals surface area contributed by atoms with Crippen molar-refractivity contribution in [1.82, 2.24) is 19.8 Å². The van der Waals surface area contributed by atoms with Crippen molar-refractivity contribution in [3.05, 3.63) is 66.0 Å². The topological polar surface area (TPSA) is 45.5 Å². The molecule has 0 amide bonds. The van der Waals surface area contributed by atoms with E-state index >= 15 is 0 Å². The maximum absolute atomic E-state index is 4.78. The van der Waals surface area contributed by atoms with E-state index in [1.54, 1.807) is 0 Å². The average Bonchev–Trinajstić information content (AvgIpc) is 2.96. The Hall–Kier alpha value is -2.82. The third-order valence-corrected chi connectivity index (χ3v) is 4.21. The quantitative estimate of drug-likeness (QED) is 0.575. The minimum atomic E-state index is 0.548. The number of guanidine groups is 1. The van der Waals surface area contributed by atoms with Crippen molar-refractivity contribution in [3.63, 3.8) is 0 Å². The highest BCUT2D eigenvalue weighted by atomic mass is 15.3. The monoisotopic (exact) mass is 335 g/mol. The number of aliphatic imine (C=N–C) groups is 1. The Kier molecular flexibility index (Phi) is 5.33. The van der Waals surface area contributed by atoms with Crippen molar-refractivity contribution in [1.29, 1.82) is 0 Å². The lowest BCUT2D eigenvalue weighted by molar-refractivity contribution is 0.476. The molecule has 0 aliphatic heterocycles. The van der Waals surface area contributed by atoms with Crippen molar-refractivity contribution in [2.75, 3.05) is 13.6 Å². The zero-order valence-electron chi connectivity index (χ0n) is 15.1. The number of benzene rings is 2. The van der Waals surface area contributed by atoms with Crippen LogP contribution in [0.1, 0.15) is 18.3 Å². The number of hydrogen-bond acceptors (Lipinski definition) is 2. The summed E-state index contributed by atoms with van der Waals surface area (Å²) in [6.45, 7) is 4.28. The highest BCUT2D eigenvalue weighted by Gasteiger charge is 2.09. The van der Waals surface area contributed by atoms with E-state index in [1.165, 1.54) is 5.56 Å². The van der Waals surface area contributed by atoms with Gasteiger partial charge in [-0.05, 0) is 24.6 Å². The van der Waals surface area contributed by atoms with E-state index in [1.807, 2.05) is 31.3 Å². The van der Waals surface area contributed by atoms with E-state index in [9.17, 15) is 0 Å². The van der Waals surface area contributed by atoms with Crippen LogP contribution in [0.2, 0.25) is 0 Å². The van der Waals surface area contributed by atoms with E-state index < -0.39 is 0 Å². The predicted molar refractivity (Wildman–Crippen MR) is 103 cm³/mol. The molecule has 1 N–H and O–H groups in total. The molecule has 0 saturated heterocycles. The van der Waals surface area contributed by atoms with Crippen LogP contribution in [0.5, 0.6) is 0 Å². The number of rotatable bonds is 5. The van der Waals surface area contributed by atoms with E-state index in [-0.39, 0.29) is 0 Å². The number of fused-ring (bicyclic) bond motifs is 1. The molecule has 0 radical (unpaired) electrons. The zero-order chi connectivity index (χ0) is 17.6. The van der Waals surface area contributed by atoms with Crippen LogP contribution in [0.15, 0.2) is 59.6 Å². The second-order valence-corrected chi connectivity index (χ2v) is 6.09. The lowest BCUT2D eigenvalue weighted by Crippen LogP contribution is -2.38. The van der Waals surface area contributed by atoms with Gasteiger partial charge in [0.05, 0.1) is 11.0 Å². The Balaban J connectivity index is 1.78. The molecule has 25 heavy (non-hydrogen) atoms. The molecule has 0 spiro atoms. The lowest BCUT2D eigenvalue weighted by atomic mass is 10.2. The number of nitrogens with one attached hydrogen (secondary N) is 1. The van der Waals surface area contributed by atoms with E-state index in [4.69, 9.17) is 9.98 Å². The Morgan fingerprint density at radius 3 is 2.56 bits per heavy atom. The second-order valence-electron chi connectivity index (χ2n) is 6.09. The van der Waals surface area contributed by atoms with Gasteiger partial charge in [-0.1, -0.05) is 42.5 Å². The van der Waals surface area contributed by atoms with Crippen LogP contribution < -0.4 is 5.32 Å². The molecule has 3 rings (SSSR count). The minimum Gasteiger partial charge on any atom is -0.357 e. The number of imidazole rings is 1. The Labute approximate surface area is 149 Å². The Morgan fingerprint density at radius 1 is 1.12 bits per heavy atom. The molecule has 2 aromatic carbocycles. The summed E-state index contributed by atoms with van der Waals surface area (Å²) < 4.78 is 2.11. The van der Waals surface area contributed by atoms with Gasteiger partial charge in [0.15, 0.2) is 5.96 Å². The molecule has 0 unspecified atom stereocenters. The molecule has 3 aromatic rings. The van der Waals surface area contributed by atoms with E-state index in [0.29, 0.717) is 6.54 Å². The maximum atomic E-state index is 4.78. The molecular formula is C20H25N5. The molecule has 5 nitrogen and oxygen atoms in total. The molecule has 1 heterocycles. The first kappa shape index (κ1) is 17.0. The number of aryl methyl sites for hydroxylation is 1. The first-order valence-electron chi connectivity index (χ1n) is 8.62. The van der Waals surface area contributed by atoms with Crippen molar-refractivity contribution in [2.24, 2.45) is 12.0 Å². The summed E-state index contributed by atoms with van der Waals surface area (Å²) in [4.78, 5) is 11.6. The Bertz CT molecular complexity index is 851. The molecule has 0 atom stereocenters. The smallest absolute Gasteiger partial charge is 0.194 e. The van der Waals surface area contributed by atoms with Crippen LogP contribution in [0.3, 0.4) is 0 Å². The highest BCUT2D eigenvalue weighted by Crippen LogP contribution is 2.15. The second kappa shape index (κ2) is 7.83. The fraction of sp³-hybridized carbons (Fsp3) is 0.300. The van der Waals surface area contributed by atoms with Gasteiger partial charge in [-0.2, -0.15) is 0 Å². The number of para-hydroxylation sites is 2. The summed E-state index contributed by atoms with van der Waals surface area (Å²) in [5.41, 5.74) is 3.41. The number of hydrogen-bond donors (Lipinski definition) is 1. The third-order valence-electron chi connectivity index (χ3n) is 4.21. The lowest BCUT2D eigenvalue weighted by Gasteiger charge is -2.22. The van der Waals surface area contributed by atoms with Gasteiger partial charge >= 0.3 is 0 Å². The van der Waals surface area contributed by atoms with Gasteiger partial charge in [0, 0.05) is 27.2 Å². The molecule has 0 bridgehead atoms. The standard InChI is InChI=1S/C20H25N5/c1-4-21-20(24(2)15-16-10-6-5-7-11-16)22-14-19-23-17-12-8-9-13-18(17)25(19)3/h5-13H,4,14-15H2,1-3H3,(H,21,22). The highest BCUT2D eigenvalue weighted by molar-refractivity contribution is 5.80. The number of aromatic nitrogens is 2. The van der Waals surface area contributed by atoms with Crippen LogP contribution in [0, 0.1) is 0 Å². The van der Waals surface area contributed by atoms with Crippen molar-refractivity contribution >= 4 is 17.0 Å². The van der Waals surface area contributed by atoms with Gasteiger partial charge in [-0.25, -0.2) is 9.98 Å². The molecule has 1 aromatic heterocycles. The van der Waals surface area contributed by atoms with Crippen LogP contribution in [-0.4, -0.2) is 34.0 Å². The SMILES string of the molecule is CCNC(=NCc1nc2ccccc2n1C)N(C)Cc1ccccc1. The van der Waals surface area contributed by atoms with E-state index in [0.717, 1.165) is 35.9 Å². The normalized spacial score (nSPS) is 11.7. The summed E-state index contributed by atoms with van der Waals surface area (Å²) in [6.07, 6.45) is 0. The predicted octanol–water partition coefficient (Wildman–Crippen LogP) is 3.17. The van der Waals surface area contributed by atoms with Gasteiger partial charge in [0.1, 0.15) is 12.4 Å². The molecule has 0 aliphatic rings. The first-order valence-corrected chi connectivity index (χ1v) is 8.62. The summed E-state index contributed by atoms with van der Waals surface area (Å²) in [7, 11) is 4.10. The van der Waals surface area contributed by atoms with Gasteiger partial charge in [0.2, 0.25) is 0 Å². The molecular weight excluding hydrogens is 310 g/mol. The van der Waals surface area contributed by atoms with Crippen molar-refractivity contribution in [2.45, 2.75) is 20.0 Å². The summed E-state index contributed by atoms with van der Waals surface area (Å²) in [5.74, 6) is 1.85. The van der Waals surface area contributed by atoms with Crippen LogP contribution in [0.25, 0.3) is 11.0 Å². The van der Waals surface area contributed by atoms with Crippen molar-refractivity contribution < 1.29 is 0 Å². The fourth-order valence-electron chi connectivity index (χ4n) is 2.88. The summed E-state index contributed by atoms with van der Waals surface area (Å²) >= 11 is 0. The first-order chi connectivity index (χ1) is 12.2. The van der Waals surface area contributed by atoms with Crippen LogP contribution >= 0.6 is 0 Å². The maximum Gasteiger partial charge on any atom is 0.194 e. The largest absolute Gasteiger partial charge is 0.357 e. The molecule has 0 fully saturated rings. The third kappa shape index (κ3) is 3.99. The van der Waals surface area contributed by atoms with Gasteiger partial charge in [0.25, 0.3) is 0 Å². The summed E-state index contributed by atoms with van der Waals surface area (Å²) in [5, 5.41) is 3.36.